The van der Waals surface area contributed by atoms with Crippen LogP contribution in [0.5, 0.6) is 0 Å². The monoisotopic (exact) mass is 205 g/mol. The molecule has 2 heteroatoms. The Bertz CT molecular complexity index is 318. The number of allylic oxidation sites excluding steroid dienone is 1. The molecule has 0 amide bonds. The van der Waals surface area contributed by atoms with Gasteiger partial charge in [-0.1, -0.05) is 42.6 Å². The molecule has 0 aliphatic rings. The van der Waals surface area contributed by atoms with E-state index < -0.39 is 8.80 Å². The van der Waals surface area contributed by atoms with Crippen LogP contribution in [-0.4, -0.2) is 13.9 Å². The fraction of sp³-hybridized carbons (Fsp3) is 0.333. The SMILES string of the molecule is C=CCc1ccc(CO)c([Si](C)C)c1. The van der Waals surface area contributed by atoms with E-state index in [-0.39, 0.29) is 6.61 Å². The second-order valence-electron chi connectivity index (χ2n) is 3.64. The van der Waals surface area contributed by atoms with Crippen molar-refractivity contribution in [3.63, 3.8) is 0 Å². The first kappa shape index (κ1) is 11.2. The predicted molar refractivity (Wildman–Crippen MR) is 63.4 cm³/mol. The van der Waals surface area contributed by atoms with Gasteiger partial charge in [-0.3, -0.25) is 0 Å². The largest absolute Gasteiger partial charge is 0.392 e. The summed E-state index contributed by atoms with van der Waals surface area (Å²) in [5.41, 5.74) is 2.37. The van der Waals surface area contributed by atoms with Gasteiger partial charge in [-0.2, -0.15) is 0 Å². The highest BCUT2D eigenvalue weighted by atomic mass is 28.3. The second kappa shape index (κ2) is 5.13. The number of benzene rings is 1. The smallest absolute Gasteiger partial charge is 0.0796 e. The van der Waals surface area contributed by atoms with Gasteiger partial charge in [0.15, 0.2) is 0 Å². The van der Waals surface area contributed by atoms with Gasteiger partial charge in [0.2, 0.25) is 0 Å². The van der Waals surface area contributed by atoms with Crippen LogP contribution < -0.4 is 5.19 Å². The first-order chi connectivity index (χ1) is 6.69. The number of rotatable bonds is 4. The van der Waals surface area contributed by atoms with E-state index in [1.165, 1.54) is 10.8 Å². The summed E-state index contributed by atoms with van der Waals surface area (Å²) < 4.78 is 0. The molecular weight excluding hydrogens is 188 g/mol. The number of aliphatic hydroxyl groups excluding tert-OH is 1. The van der Waals surface area contributed by atoms with Crippen LogP contribution in [0.15, 0.2) is 30.9 Å². The predicted octanol–water partition coefficient (Wildman–Crippen LogP) is 1.87. The number of hydrogen-bond acceptors (Lipinski definition) is 1. The Morgan fingerprint density at radius 2 is 2.14 bits per heavy atom. The summed E-state index contributed by atoms with van der Waals surface area (Å²) in [6.45, 7) is 8.38. The molecule has 0 spiro atoms. The van der Waals surface area contributed by atoms with Crippen LogP contribution in [0, 0.1) is 0 Å². The van der Waals surface area contributed by atoms with Crippen molar-refractivity contribution in [2.45, 2.75) is 26.1 Å². The zero-order valence-corrected chi connectivity index (χ0v) is 9.88. The highest BCUT2D eigenvalue weighted by Crippen LogP contribution is 2.05. The minimum Gasteiger partial charge on any atom is -0.392 e. The summed E-state index contributed by atoms with van der Waals surface area (Å²) in [7, 11) is -0.488. The van der Waals surface area contributed by atoms with Crippen LogP contribution in [0.3, 0.4) is 0 Å². The summed E-state index contributed by atoms with van der Waals surface area (Å²) in [6.07, 6.45) is 2.82. The lowest BCUT2D eigenvalue weighted by Gasteiger charge is -2.11. The van der Waals surface area contributed by atoms with Crippen LogP contribution in [0.4, 0.5) is 0 Å². The average Bonchev–Trinajstić information content (AvgIpc) is 2.18. The highest BCUT2D eigenvalue weighted by molar-refractivity contribution is 6.71. The Labute approximate surface area is 87.7 Å². The van der Waals surface area contributed by atoms with Gasteiger partial charge in [-0.25, -0.2) is 0 Å². The van der Waals surface area contributed by atoms with E-state index in [0.29, 0.717) is 0 Å². The molecule has 1 nitrogen and oxygen atoms in total. The van der Waals surface area contributed by atoms with E-state index in [1.54, 1.807) is 0 Å². The minimum absolute atomic E-state index is 0.152. The van der Waals surface area contributed by atoms with Crippen LogP contribution >= 0.6 is 0 Å². The second-order valence-corrected chi connectivity index (χ2v) is 6.18. The van der Waals surface area contributed by atoms with Gasteiger partial charge in [0.25, 0.3) is 0 Å². The zero-order valence-electron chi connectivity index (χ0n) is 8.88. The molecule has 0 atom stereocenters. The maximum Gasteiger partial charge on any atom is 0.0796 e. The first-order valence-corrected chi connectivity index (χ1v) is 7.33. The van der Waals surface area contributed by atoms with E-state index in [1.807, 2.05) is 12.1 Å². The van der Waals surface area contributed by atoms with Crippen molar-refractivity contribution in [1.29, 1.82) is 0 Å². The highest BCUT2D eigenvalue weighted by Gasteiger charge is 2.07. The summed E-state index contributed by atoms with van der Waals surface area (Å²) in [5, 5.41) is 10.5. The molecule has 1 radical (unpaired) electrons. The van der Waals surface area contributed by atoms with Crippen LogP contribution in [0.1, 0.15) is 11.1 Å². The van der Waals surface area contributed by atoms with Crippen molar-refractivity contribution in [1.82, 2.24) is 0 Å². The van der Waals surface area contributed by atoms with Crippen LogP contribution in [0.2, 0.25) is 13.1 Å². The van der Waals surface area contributed by atoms with Crippen molar-refractivity contribution < 1.29 is 5.11 Å². The van der Waals surface area contributed by atoms with Crippen LogP contribution in [-0.2, 0) is 13.0 Å². The summed E-state index contributed by atoms with van der Waals surface area (Å²) >= 11 is 0. The maximum atomic E-state index is 9.18. The topological polar surface area (TPSA) is 20.2 Å². The zero-order chi connectivity index (χ0) is 10.6. The Morgan fingerprint density at radius 1 is 1.43 bits per heavy atom. The van der Waals surface area contributed by atoms with Gasteiger partial charge in [-0.15, -0.1) is 6.58 Å². The number of hydrogen-bond donors (Lipinski definition) is 1. The van der Waals surface area contributed by atoms with Crippen LogP contribution in [0.25, 0.3) is 0 Å². The van der Waals surface area contributed by atoms with Crippen molar-refractivity contribution in [2.75, 3.05) is 0 Å². The van der Waals surface area contributed by atoms with Gasteiger partial charge in [0.05, 0.1) is 15.4 Å². The molecule has 0 aliphatic heterocycles. The van der Waals surface area contributed by atoms with E-state index in [4.69, 9.17) is 0 Å². The van der Waals surface area contributed by atoms with E-state index in [2.05, 4.69) is 31.8 Å². The van der Waals surface area contributed by atoms with Gasteiger partial charge in [0, 0.05) is 0 Å². The molecule has 14 heavy (non-hydrogen) atoms. The first-order valence-electron chi connectivity index (χ1n) is 4.83. The lowest BCUT2D eigenvalue weighted by molar-refractivity contribution is 0.283. The molecule has 0 bridgehead atoms. The van der Waals surface area contributed by atoms with Crippen molar-refractivity contribution in [2.24, 2.45) is 0 Å². The van der Waals surface area contributed by atoms with E-state index in [0.717, 1.165) is 12.0 Å². The lowest BCUT2D eigenvalue weighted by Crippen LogP contribution is -2.27. The molecule has 0 saturated carbocycles. The lowest BCUT2D eigenvalue weighted by atomic mass is 10.1. The molecule has 1 aromatic carbocycles. The Balaban J connectivity index is 3.07. The van der Waals surface area contributed by atoms with Crippen molar-refractivity contribution in [3.05, 3.63) is 42.0 Å². The van der Waals surface area contributed by atoms with Crippen molar-refractivity contribution >= 4 is 14.0 Å². The van der Waals surface area contributed by atoms with E-state index >= 15 is 0 Å². The third kappa shape index (κ3) is 2.56. The fourth-order valence-corrected chi connectivity index (χ4v) is 2.80. The van der Waals surface area contributed by atoms with E-state index in [9.17, 15) is 5.11 Å². The van der Waals surface area contributed by atoms with Crippen molar-refractivity contribution in [3.8, 4) is 0 Å². The molecule has 1 rings (SSSR count). The minimum atomic E-state index is -0.488. The third-order valence-corrected chi connectivity index (χ3v) is 3.81. The Morgan fingerprint density at radius 3 is 2.64 bits per heavy atom. The normalized spacial score (nSPS) is 10.6. The third-order valence-electron chi connectivity index (χ3n) is 2.26. The van der Waals surface area contributed by atoms with Gasteiger partial charge in [-0.05, 0) is 17.5 Å². The molecule has 1 N–H and O–H groups in total. The summed E-state index contributed by atoms with van der Waals surface area (Å²) in [4.78, 5) is 0. The van der Waals surface area contributed by atoms with Gasteiger partial charge < -0.3 is 5.11 Å². The maximum absolute atomic E-state index is 9.18. The standard InChI is InChI=1S/C12H17OSi/c1-4-5-10-6-7-11(9-13)12(8-10)14(2)3/h4,6-8,13H,1,5,9H2,2-3H3. The Kier molecular flexibility index (Phi) is 4.11. The van der Waals surface area contributed by atoms with Gasteiger partial charge >= 0.3 is 0 Å². The number of aliphatic hydroxyl groups is 1. The van der Waals surface area contributed by atoms with Gasteiger partial charge in [0.1, 0.15) is 0 Å². The Hall–Kier alpha value is -0.863. The average molecular weight is 205 g/mol. The molecule has 0 heterocycles. The molecule has 0 aliphatic carbocycles. The summed E-state index contributed by atoms with van der Waals surface area (Å²) in [5.74, 6) is 0. The molecule has 0 aromatic heterocycles. The summed E-state index contributed by atoms with van der Waals surface area (Å²) in [6, 6.07) is 6.31. The quantitative estimate of drug-likeness (QED) is 0.588. The molecule has 0 fully saturated rings. The molecule has 0 saturated heterocycles. The molecule has 75 valence electrons. The fourth-order valence-electron chi connectivity index (χ4n) is 1.52. The molecule has 0 unspecified atom stereocenters. The molecule has 1 aromatic rings. The molecular formula is C12H17OSi.